The van der Waals surface area contributed by atoms with Gasteiger partial charge in [-0.3, -0.25) is 0 Å². The van der Waals surface area contributed by atoms with Crippen LogP contribution < -0.4 is 7.06 Å². The largest absolute Gasteiger partial charge is 0.328 e. The molecule has 0 heterocycles. The van der Waals surface area contributed by atoms with Gasteiger partial charge in [0.25, 0.3) is 0 Å². The van der Waals surface area contributed by atoms with Crippen LogP contribution >= 0.6 is 45.7 Å². The van der Waals surface area contributed by atoms with E-state index < -0.39 is 0 Å². The van der Waals surface area contributed by atoms with E-state index in [1.54, 1.807) is 0 Å². The quantitative estimate of drug-likeness (QED) is 0.626. The first-order valence-corrected chi connectivity index (χ1v) is 4.86. The zero-order chi connectivity index (χ0) is 7.40. The molecule has 0 saturated heterocycles. The van der Waals surface area contributed by atoms with E-state index in [2.05, 4.69) is 52.8 Å². The van der Waals surface area contributed by atoms with Crippen LogP contribution in [0.4, 0.5) is 11.4 Å². The molecule has 0 aliphatic carbocycles. The van der Waals surface area contributed by atoms with Gasteiger partial charge < -0.3 is 7.06 Å². The van der Waals surface area contributed by atoms with Gasteiger partial charge in [0.15, 0.2) is 0 Å². The van der Waals surface area contributed by atoms with Crippen molar-refractivity contribution in [1.29, 1.82) is 0 Å². The number of halogens is 2. The monoisotopic (exact) mass is 360 g/mol. The van der Waals surface area contributed by atoms with E-state index in [9.17, 15) is 0 Å². The molecule has 4 heteroatoms. The van der Waals surface area contributed by atoms with Gasteiger partial charge in [-0.25, -0.2) is 0 Å². The van der Waals surface area contributed by atoms with Crippen LogP contribution in [0.5, 0.6) is 0 Å². The van der Waals surface area contributed by atoms with Crippen LogP contribution in [0.1, 0.15) is 0 Å². The second-order valence-corrected chi connectivity index (χ2v) is 2.85. The van der Waals surface area contributed by atoms with Crippen LogP contribution in [-0.2, 0) is 0 Å². The fourth-order valence-electron chi connectivity index (χ4n) is 0.637. The molecule has 0 bridgehead atoms. The van der Waals surface area contributed by atoms with Crippen LogP contribution in [0.15, 0.2) is 24.3 Å². The summed E-state index contributed by atoms with van der Waals surface area (Å²) in [6.07, 6.45) is 0. The highest BCUT2D eigenvalue weighted by atomic mass is 127. The average Bonchev–Trinajstić information content (AvgIpc) is 2.05. The molecule has 54 valence electrons. The zero-order valence-electron chi connectivity index (χ0n) is 5.07. The highest BCUT2D eigenvalue weighted by molar-refractivity contribution is 14.1. The van der Waals surface area contributed by atoms with E-state index in [1.807, 2.05) is 24.3 Å². The fraction of sp³-hybridized carbons (Fsp3) is 0. The first-order chi connectivity index (χ1) is 4.86. The molecule has 0 spiro atoms. The number of nitrogens with one attached hydrogen (secondary N) is 2. The lowest BCUT2D eigenvalue weighted by Gasteiger charge is -2.00. The van der Waals surface area contributed by atoms with E-state index in [-0.39, 0.29) is 0 Å². The molecule has 0 aliphatic rings. The molecule has 0 aromatic heterocycles. The maximum Gasteiger partial charge on any atom is 0.0560 e. The van der Waals surface area contributed by atoms with Crippen molar-refractivity contribution in [3.8, 4) is 0 Å². The zero-order valence-corrected chi connectivity index (χ0v) is 9.38. The molecule has 0 atom stereocenters. The Morgan fingerprint density at radius 1 is 1.00 bits per heavy atom. The van der Waals surface area contributed by atoms with Gasteiger partial charge in [-0.1, -0.05) is 6.07 Å². The van der Waals surface area contributed by atoms with Gasteiger partial charge in [-0.15, -0.1) is 0 Å². The lowest BCUT2D eigenvalue weighted by Crippen LogP contribution is -1.81. The van der Waals surface area contributed by atoms with E-state index in [0.717, 1.165) is 11.4 Å². The summed E-state index contributed by atoms with van der Waals surface area (Å²) in [5, 5.41) is 0. The van der Waals surface area contributed by atoms with Gasteiger partial charge in [0, 0.05) is 11.4 Å². The average molecular weight is 360 g/mol. The molecule has 0 fully saturated rings. The Bertz CT molecular complexity index is 195. The third kappa shape index (κ3) is 2.15. The number of anilines is 2. The molecule has 0 radical (unpaired) electrons. The Balaban J connectivity index is 2.87. The summed E-state index contributed by atoms with van der Waals surface area (Å²) in [6.45, 7) is 0. The van der Waals surface area contributed by atoms with Crippen molar-refractivity contribution in [3.05, 3.63) is 24.3 Å². The molecule has 0 aliphatic heterocycles. The molecule has 2 N–H and O–H groups in total. The number of hydrogen-bond donors (Lipinski definition) is 2. The predicted octanol–water partition coefficient (Wildman–Crippen LogP) is 3.21. The maximum atomic E-state index is 3.03. The molecular formula is C6H6I2N2. The Morgan fingerprint density at radius 3 is 1.90 bits per heavy atom. The van der Waals surface area contributed by atoms with Crippen LogP contribution in [0.3, 0.4) is 0 Å². The minimum absolute atomic E-state index is 1.11. The van der Waals surface area contributed by atoms with Gasteiger partial charge >= 0.3 is 0 Å². The van der Waals surface area contributed by atoms with Crippen LogP contribution in [0.25, 0.3) is 0 Å². The SMILES string of the molecule is INc1cccc(NI)c1. The smallest absolute Gasteiger partial charge is 0.0560 e. The van der Waals surface area contributed by atoms with Crippen molar-refractivity contribution in [2.24, 2.45) is 0 Å². The van der Waals surface area contributed by atoms with E-state index >= 15 is 0 Å². The van der Waals surface area contributed by atoms with Gasteiger partial charge in [-0.05, 0) is 18.2 Å². The van der Waals surface area contributed by atoms with Gasteiger partial charge in [-0.2, -0.15) is 0 Å². The Kier molecular flexibility index (Phi) is 3.53. The Labute approximate surface area is 87.8 Å². The van der Waals surface area contributed by atoms with Crippen molar-refractivity contribution in [1.82, 2.24) is 0 Å². The first-order valence-electron chi connectivity index (χ1n) is 2.70. The molecule has 2 nitrogen and oxygen atoms in total. The normalized spacial score (nSPS) is 9.00. The second-order valence-electron chi connectivity index (χ2n) is 1.77. The Morgan fingerprint density at radius 2 is 1.50 bits per heavy atom. The highest BCUT2D eigenvalue weighted by Crippen LogP contribution is 2.16. The van der Waals surface area contributed by atoms with Crippen molar-refractivity contribution in [2.75, 3.05) is 7.06 Å². The van der Waals surface area contributed by atoms with Crippen LogP contribution in [0.2, 0.25) is 0 Å². The summed E-state index contributed by atoms with van der Waals surface area (Å²) in [6, 6.07) is 8.08. The molecule has 0 saturated carbocycles. The fourth-order valence-corrected chi connectivity index (χ4v) is 1.31. The van der Waals surface area contributed by atoms with Gasteiger partial charge in [0.05, 0.1) is 45.7 Å². The topological polar surface area (TPSA) is 24.1 Å². The number of benzene rings is 1. The lowest BCUT2D eigenvalue weighted by atomic mass is 10.3. The summed E-state index contributed by atoms with van der Waals surface area (Å²) in [4.78, 5) is 0. The summed E-state index contributed by atoms with van der Waals surface area (Å²) in [5.41, 5.74) is 2.23. The van der Waals surface area contributed by atoms with E-state index in [0.29, 0.717) is 0 Å². The summed E-state index contributed by atoms with van der Waals surface area (Å²) in [5.74, 6) is 0. The molecule has 1 aromatic carbocycles. The molecular weight excluding hydrogens is 354 g/mol. The summed E-state index contributed by atoms with van der Waals surface area (Å²) >= 11 is 4.21. The van der Waals surface area contributed by atoms with Crippen molar-refractivity contribution in [3.63, 3.8) is 0 Å². The molecule has 10 heavy (non-hydrogen) atoms. The number of rotatable bonds is 2. The summed E-state index contributed by atoms with van der Waals surface area (Å²) < 4.78 is 6.06. The molecule has 1 aromatic rings. The predicted molar refractivity (Wildman–Crippen MR) is 61.7 cm³/mol. The van der Waals surface area contributed by atoms with Crippen LogP contribution in [-0.4, -0.2) is 0 Å². The summed E-state index contributed by atoms with van der Waals surface area (Å²) in [7, 11) is 0. The van der Waals surface area contributed by atoms with Crippen LogP contribution in [0, 0.1) is 0 Å². The van der Waals surface area contributed by atoms with Gasteiger partial charge in [0.2, 0.25) is 0 Å². The molecule has 0 unspecified atom stereocenters. The Hall–Kier alpha value is 0.280. The molecule has 1 rings (SSSR count). The third-order valence-electron chi connectivity index (χ3n) is 1.08. The minimum atomic E-state index is 1.11. The van der Waals surface area contributed by atoms with Gasteiger partial charge in [0.1, 0.15) is 0 Å². The second kappa shape index (κ2) is 4.22. The first kappa shape index (κ1) is 8.38. The molecule has 0 amide bonds. The van der Waals surface area contributed by atoms with Crippen molar-refractivity contribution < 1.29 is 0 Å². The van der Waals surface area contributed by atoms with E-state index in [4.69, 9.17) is 0 Å². The highest BCUT2D eigenvalue weighted by Gasteiger charge is 1.89. The van der Waals surface area contributed by atoms with E-state index in [1.165, 1.54) is 0 Å². The maximum absolute atomic E-state index is 3.03. The lowest BCUT2D eigenvalue weighted by molar-refractivity contribution is 1.69. The number of hydrogen-bond acceptors (Lipinski definition) is 2. The van der Waals surface area contributed by atoms with Crippen molar-refractivity contribution >= 4 is 57.1 Å². The third-order valence-corrected chi connectivity index (χ3v) is 2.33. The van der Waals surface area contributed by atoms with Crippen molar-refractivity contribution in [2.45, 2.75) is 0 Å². The minimum Gasteiger partial charge on any atom is -0.328 e. The standard InChI is InChI=1S/C6H6I2N2/c7-9-5-2-1-3-6(4-5)10-8/h1-4,9-10H.